The Balaban J connectivity index is 4.14. The summed E-state index contributed by atoms with van der Waals surface area (Å²) in [5, 5.41) is 0. The lowest BCUT2D eigenvalue weighted by Crippen LogP contribution is -2.29. The molecule has 0 rings (SSSR count). The topological polar surface area (TPSA) is 105 Å². The van der Waals surface area contributed by atoms with E-state index in [9.17, 15) is 9.59 Å². The van der Waals surface area contributed by atoms with E-state index in [1.54, 1.807) is 0 Å². The van der Waals surface area contributed by atoms with Crippen molar-refractivity contribution < 1.29 is 19.1 Å². The lowest BCUT2D eigenvalue weighted by molar-refractivity contribution is -0.135. The fourth-order valence-corrected chi connectivity index (χ4v) is 1.21. The minimum absolute atomic E-state index is 0.133. The molecule has 0 aromatic carbocycles. The number of hydrogen-bond donors (Lipinski definition) is 2. The Labute approximate surface area is 88.9 Å². The van der Waals surface area contributed by atoms with Gasteiger partial charge in [0, 0.05) is 33.0 Å². The molecule has 0 aliphatic heterocycles. The summed E-state index contributed by atoms with van der Waals surface area (Å²) in [4.78, 5) is 21.6. The molecule has 0 aromatic rings. The Morgan fingerprint density at radius 2 is 1.73 bits per heavy atom. The molecular formula is C9H18N2O4. The van der Waals surface area contributed by atoms with Crippen LogP contribution in [0.25, 0.3) is 0 Å². The van der Waals surface area contributed by atoms with Crippen LogP contribution in [0.1, 0.15) is 19.3 Å². The standard InChI is InChI=1S/C9H18N2O4/c1-14-8(15-2)5-6(9(11)13)3-4-7(10)12/h6,8H,3-5H2,1-2H3,(H2,10,12)(H2,11,13). The van der Waals surface area contributed by atoms with Gasteiger partial charge in [0.05, 0.1) is 0 Å². The van der Waals surface area contributed by atoms with Gasteiger partial charge in [-0.2, -0.15) is 0 Å². The molecule has 4 N–H and O–H groups in total. The van der Waals surface area contributed by atoms with Crippen LogP contribution < -0.4 is 11.5 Å². The van der Waals surface area contributed by atoms with Crippen molar-refractivity contribution in [2.75, 3.05) is 14.2 Å². The number of rotatable bonds is 8. The smallest absolute Gasteiger partial charge is 0.220 e. The summed E-state index contributed by atoms with van der Waals surface area (Å²) in [6, 6.07) is 0. The van der Waals surface area contributed by atoms with E-state index in [1.807, 2.05) is 0 Å². The van der Waals surface area contributed by atoms with Crippen molar-refractivity contribution in [1.82, 2.24) is 0 Å². The molecule has 1 atom stereocenters. The number of nitrogens with two attached hydrogens (primary N) is 2. The Hall–Kier alpha value is -1.14. The number of ether oxygens (including phenoxy) is 2. The van der Waals surface area contributed by atoms with Gasteiger partial charge in [0.15, 0.2) is 6.29 Å². The van der Waals surface area contributed by atoms with E-state index in [0.717, 1.165) is 0 Å². The second kappa shape index (κ2) is 7.19. The third-order valence-electron chi connectivity index (χ3n) is 2.14. The maximum absolute atomic E-state index is 11.0. The molecule has 0 spiro atoms. The van der Waals surface area contributed by atoms with Crippen molar-refractivity contribution in [3.63, 3.8) is 0 Å². The van der Waals surface area contributed by atoms with Crippen LogP contribution in [0, 0.1) is 5.92 Å². The van der Waals surface area contributed by atoms with Crippen LogP contribution in [0.3, 0.4) is 0 Å². The summed E-state index contributed by atoms with van der Waals surface area (Å²) >= 11 is 0. The predicted molar refractivity (Wildman–Crippen MR) is 53.5 cm³/mol. The number of methoxy groups -OCH3 is 2. The zero-order valence-electron chi connectivity index (χ0n) is 9.06. The minimum Gasteiger partial charge on any atom is -0.370 e. The first-order chi connectivity index (χ1) is 7.01. The summed E-state index contributed by atoms with van der Waals surface area (Å²) in [6.45, 7) is 0. The molecule has 0 bridgehead atoms. The van der Waals surface area contributed by atoms with E-state index in [4.69, 9.17) is 20.9 Å². The molecule has 0 aliphatic carbocycles. The number of carbonyl (C=O) groups excluding carboxylic acids is 2. The van der Waals surface area contributed by atoms with Crippen molar-refractivity contribution in [1.29, 1.82) is 0 Å². The van der Waals surface area contributed by atoms with Crippen molar-refractivity contribution in [3.05, 3.63) is 0 Å². The summed E-state index contributed by atoms with van der Waals surface area (Å²) < 4.78 is 9.88. The predicted octanol–water partition coefficient (Wildman–Crippen LogP) is -0.638. The van der Waals surface area contributed by atoms with Gasteiger partial charge in [0.25, 0.3) is 0 Å². The highest BCUT2D eigenvalue weighted by molar-refractivity contribution is 5.78. The van der Waals surface area contributed by atoms with Gasteiger partial charge in [-0.25, -0.2) is 0 Å². The van der Waals surface area contributed by atoms with Gasteiger partial charge < -0.3 is 20.9 Å². The molecule has 6 heteroatoms. The first kappa shape index (κ1) is 13.9. The summed E-state index contributed by atoms with van der Waals surface area (Å²) in [5.74, 6) is -1.38. The molecule has 0 saturated heterocycles. The van der Waals surface area contributed by atoms with E-state index >= 15 is 0 Å². The number of carbonyl (C=O) groups is 2. The molecule has 0 heterocycles. The minimum atomic E-state index is -0.490. The van der Waals surface area contributed by atoms with E-state index in [2.05, 4.69) is 0 Å². The molecule has 0 aliphatic rings. The maximum atomic E-state index is 11.0. The molecule has 0 aromatic heterocycles. The van der Waals surface area contributed by atoms with Gasteiger partial charge >= 0.3 is 0 Å². The largest absolute Gasteiger partial charge is 0.370 e. The van der Waals surface area contributed by atoms with Gasteiger partial charge in [0.2, 0.25) is 11.8 Å². The molecule has 88 valence electrons. The quantitative estimate of drug-likeness (QED) is 0.529. The van der Waals surface area contributed by atoms with E-state index in [1.165, 1.54) is 14.2 Å². The molecular weight excluding hydrogens is 200 g/mol. The highest BCUT2D eigenvalue weighted by Gasteiger charge is 2.21. The van der Waals surface area contributed by atoms with Crippen molar-refractivity contribution in [2.45, 2.75) is 25.6 Å². The van der Waals surface area contributed by atoms with Crippen LogP contribution in [-0.2, 0) is 19.1 Å². The van der Waals surface area contributed by atoms with Crippen LogP contribution >= 0.6 is 0 Å². The highest BCUT2D eigenvalue weighted by Crippen LogP contribution is 2.15. The molecule has 0 fully saturated rings. The molecule has 0 radical (unpaired) electrons. The number of hydrogen-bond acceptors (Lipinski definition) is 4. The Morgan fingerprint density at radius 3 is 2.07 bits per heavy atom. The highest BCUT2D eigenvalue weighted by atomic mass is 16.7. The Bertz CT molecular complexity index is 216. The zero-order chi connectivity index (χ0) is 11.8. The van der Waals surface area contributed by atoms with Gasteiger partial charge in [-0.05, 0) is 6.42 Å². The lowest BCUT2D eigenvalue weighted by atomic mass is 9.98. The average molecular weight is 218 g/mol. The zero-order valence-corrected chi connectivity index (χ0v) is 9.06. The third kappa shape index (κ3) is 6.03. The monoisotopic (exact) mass is 218 g/mol. The van der Waals surface area contributed by atoms with Crippen LogP contribution in [0.4, 0.5) is 0 Å². The third-order valence-corrected chi connectivity index (χ3v) is 2.14. The molecule has 15 heavy (non-hydrogen) atoms. The fraction of sp³-hybridized carbons (Fsp3) is 0.778. The average Bonchev–Trinajstić information content (AvgIpc) is 2.17. The van der Waals surface area contributed by atoms with Gasteiger partial charge in [-0.1, -0.05) is 0 Å². The second-order valence-corrected chi connectivity index (χ2v) is 3.24. The Kier molecular flexibility index (Phi) is 6.64. The van der Waals surface area contributed by atoms with E-state index < -0.39 is 24.0 Å². The van der Waals surface area contributed by atoms with Gasteiger partial charge in [0.1, 0.15) is 0 Å². The van der Waals surface area contributed by atoms with Gasteiger partial charge in [-0.15, -0.1) is 0 Å². The summed E-state index contributed by atoms with van der Waals surface area (Å²) in [5.41, 5.74) is 10.2. The molecule has 1 unspecified atom stereocenters. The van der Waals surface area contributed by atoms with E-state index in [0.29, 0.717) is 12.8 Å². The van der Waals surface area contributed by atoms with Crippen LogP contribution in [-0.4, -0.2) is 32.3 Å². The maximum Gasteiger partial charge on any atom is 0.220 e. The number of amides is 2. The van der Waals surface area contributed by atoms with Crippen molar-refractivity contribution in [3.8, 4) is 0 Å². The second-order valence-electron chi connectivity index (χ2n) is 3.24. The SMILES string of the molecule is COC(CC(CCC(N)=O)C(N)=O)OC. The van der Waals surface area contributed by atoms with Crippen LogP contribution in [0.5, 0.6) is 0 Å². The van der Waals surface area contributed by atoms with Crippen molar-refractivity contribution >= 4 is 11.8 Å². The van der Waals surface area contributed by atoms with E-state index in [-0.39, 0.29) is 6.42 Å². The van der Waals surface area contributed by atoms with Crippen LogP contribution in [0.2, 0.25) is 0 Å². The van der Waals surface area contributed by atoms with Crippen molar-refractivity contribution in [2.24, 2.45) is 17.4 Å². The summed E-state index contributed by atoms with van der Waals surface area (Å²) in [6.07, 6.45) is 0.299. The first-order valence-electron chi connectivity index (χ1n) is 4.64. The molecule has 6 nitrogen and oxygen atoms in total. The van der Waals surface area contributed by atoms with Crippen LogP contribution in [0.15, 0.2) is 0 Å². The summed E-state index contributed by atoms with van der Waals surface area (Å²) in [7, 11) is 2.95. The molecule has 0 saturated carbocycles. The first-order valence-corrected chi connectivity index (χ1v) is 4.64. The normalized spacial score (nSPS) is 12.7. The fourth-order valence-electron chi connectivity index (χ4n) is 1.21. The number of primary amides is 2. The lowest BCUT2D eigenvalue weighted by Gasteiger charge is -2.18. The van der Waals surface area contributed by atoms with Gasteiger partial charge in [-0.3, -0.25) is 9.59 Å². The molecule has 2 amide bonds. The Morgan fingerprint density at radius 1 is 1.20 bits per heavy atom.